The topological polar surface area (TPSA) is 122 Å². The molecular weight excluding hydrogens is 628 g/mol. The molecule has 0 atom stereocenters. The van der Waals surface area contributed by atoms with Crippen LogP contribution in [0.15, 0.2) is 77.2 Å². The van der Waals surface area contributed by atoms with Gasteiger partial charge in [-0.25, -0.2) is 23.5 Å². The summed E-state index contributed by atoms with van der Waals surface area (Å²) >= 11 is 1.20. The summed E-state index contributed by atoms with van der Waals surface area (Å²) in [7, 11) is 4.08. The van der Waals surface area contributed by atoms with Crippen LogP contribution in [0.25, 0.3) is 16.0 Å². The molecule has 47 heavy (non-hydrogen) atoms. The number of urea groups is 1. The third kappa shape index (κ3) is 7.28. The Kier molecular flexibility index (Phi) is 9.22. The van der Waals surface area contributed by atoms with Gasteiger partial charge >= 0.3 is 6.03 Å². The van der Waals surface area contributed by atoms with Gasteiger partial charge in [-0.1, -0.05) is 0 Å². The van der Waals surface area contributed by atoms with Crippen LogP contribution in [0, 0.1) is 17.6 Å². The second kappa shape index (κ2) is 13.6. The van der Waals surface area contributed by atoms with Crippen LogP contribution in [0.1, 0.15) is 23.2 Å². The van der Waals surface area contributed by atoms with Gasteiger partial charge in [0.15, 0.2) is 11.6 Å². The fraction of sp³-hybridized carbons (Fsp3) is 0.242. The third-order valence-corrected chi connectivity index (χ3v) is 8.56. The average molecular weight is 660 g/mol. The van der Waals surface area contributed by atoms with Crippen molar-refractivity contribution < 1.29 is 23.1 Å². The number of nitrogens with zero attached hydrogens (tertiary/aromatic N) is 5. The fourth-order valence-corrected chi connectivity index (χ4v) is 6.26. The van der Waals surface area contributed by atoms with Crippen LogP contribution in [-0.4, -0.2) is 70.0 Å². The molecule has 1 aliphatic heterocycles. The largest absolute Gasteiger partial charge is 0.454 e. The second-order valence-corrected chi connectivity index (χ2v) is 12.3. The number of aromatic nitrogens is 3. The quantitative estimate of drug-likeness (QED) is 0.211. The lowest BCUT2D eigenvalue weighted by Gasteiger charge is -2.33. The summed E-state index contributed by atoms with van der Waals surface area (Å²) in [4.78, 5) is 52.3. The molecule has 1 aliphatic rings. The van der Waals surface area contributed by atoms with E-state index < -0.39 is 23.1 Å². The van der Waals surface area contributed by atoms with Crippen LogP contribution in [0.4, 0.5) is 25.1 Å². The van der Waals surface area contributed by atoms with Crippen molar-refractivity contribution in [2.75, 3.05) is 44.4 Å². The molecule has 0 saturated carbocycles. The minimum Gasteiger partial charge on any atom is -0.454 e. The van der Waals surface area contributed by atoms with E-state index in [9.17, 15) is 18.8 Å². The Bertz CT molecular complexity index is 1990. The zero-order valence-electron chi connectivity index (χ0n) is 25.6. The number of halogens is 2. The second-order valence-electron chi connectivity index (χ2n) is 11.4. The lowest BCUT2D eigenvalue weighted by molar-refractivity contribution is 0.102. The number of carbonyl (C=O) groups excluding carboxylic acids is 2. The highest BCUT2D eigenvalue weighted by Crippen LogP contribution is 2.29. The van der Waals surface area contributed by atoms with Gasteiger partial charge in [0.25, 0.3) is 11.5 Å². The van der Waals surface area contributed by atoms with Gasteiger partial charge in [0.2, 0.25) is 0 Å². The number of carbonyl (C=O) groups is 2. The number of fused-ring (bicyclic) bond motifs is 1. The van der Waals surface area contributed by atoms with E-state index in [-0.39, 0.29) is 34.6 Å². The van der Waals surface area contributed by atoms with Gasteiger partial charge in [0.1, 0.15) is 27.8 Å². The first-order valence-corrected chi connectivity index (χ1v) is 15.7. The molecule has 0 radical (unpaired) electrons. The molecular formula is C33H31F2N7O4S. The minimum atomic E-state index is -0.774. The summed E-state index contributed by atoms with van der Waals surface area (Å²) in [6.07, 6.45) is 3.29. The molecule has 5 aromatic rings. The Hall–Kier alpha value is -5.21. The van der Waals surface area contributed by atoms with Crippen molar-refractivity contribution in [3.05, 3.63) is 99.9 Å². The number of nitrogens with one attached hydrogen (secondary N) is 2. The van der Waals surface area contributed by atoms with Crippen LogP contribution >= 0.6 is 11.3 Å². The average Bonchev–Trinajstić information content (AvgIpc) is 3.51. The predicted molar refractivity (Wildman–Crippen MR) is 176 cm³/mol. The summed E-state index contributed by atoms with van der Waals surface area (Å²) < 4.78 is 35.7. The number of benzene rings is 2. The number of anilines is 2. The van der Waals surface area contributed by atoms with Crippen molar-refractivity contribution in [1.82, 2.24) is 24.3 Å². The summed E-state index contributed by atoms with van der Waals surface area (Å²) in [5, 5.41) is 5.33. The zero-order valence-corrected chi connectivity index (χ0v) is 26.4. The number of hydrogen-bond acceptors (Lipinski definition) is 8. The molecule has 242 valence electrons. The lowest BCUT2D eigenvalue weighted by atomic mass is 9.97. The maximum absolute atomic E-state index is 15.1. The van der Waals surface area contributed by atoms with E-state index in [4.69, 9.17) is 4.74 Å². The van der Waals surface area contributed by atoms with Crippen LogP contribution in [0.3, 0.4) is 0 Å². The Labute approximate surface area is 272 Å². The SMILES string of the molecule is CN(C)CC1CCN(C(=O)Nc2cc(Oc3ccc(NC(=O)c4cc5ncsc5n(-c5ccc(F)cc5)c4=O)cc3F)ccn2)CC1. The number of piperidine rings is 1. The lowest BCUT2D eigenvalue weighted by Crippen LogP contribution is -2.42. The molecule has 0 aliphatic carbocycles. The molecule has 2 N–H and O–H groups in total. The molecule has 1 fully saturated rings. The summed E-state index contributed by atoms with van der Waals surface area (Å²) in [6.45, 7) is 2.29. The number of hydrogen-bond donors (Lipinski definition) is 2. The first-order chi connectivity index (χ1) is 22.6. The van der Waals surface area contributed by atoms with E-state index in [2.05, 4.69) is 25.5 Å². The third-order valence-electron chi connectivity index (χ3n) is 7.73. The predicted octanol–water partition coefficient (Wildman–Crippen LogP) is 5.97. The van der Waals surface area contributed by atoms with Crippen molar-refractivity contribution in [3.63, 3.8) is 0 Å². The van der Waals surface area contributed by atoms with Crippen molar-refractivity contribution >= 4 is 45.1 Å². The molecule has 1 saturated heterocycles. The molecule has 2 aromatic carbocycles. The molecule has 3 amide bonds. The summed E-state index contributed by atoms with van der Waals surface area (Å²) in [6, 6.07) is 13.3. The molecule has 6 rings (SSSR count). The number of rotatable bonds is 8. The van der Waals surface area contributed by atoms with Crippen LogP contribution in [0.5, 0.6) is 11.5 Å². The van der Waals surface area contributed by atoms with Crippen molar-refractivity contribution in [2.24, 2.45) is 5.92 Å². The number of likely N-dealkylation sites (tertiary alicyclic amines) is 1. The minimum absolute atomic E-state index is 0.0861. The van der Waals surface area contributed by atoms with E-state index in [1.165, 1.54) is 82.2 Å². The number of pyridine rings is 2. The van der Waals surface area contributed by atoms with Crippen LogP contribution in [0.2, 0.25) is 0 Å². The molecule has 11 nitrogen and oxygen atoms in total. The molecule has 0 unspecified atom stereocenters. The van der Waals surface area contributed by atoms with Gasteiger partial charge in [-0.3, -0.25) is 19.5 Å². The summed E-state index contributed by atoms with van der Waals surface area (Å²) in [5.74, 6) is -1.09. The zero-order chi connectivity index (χ0) is 33.1. The first kappa shape index (κ1) is 31.8. The van der Waals surface area contributed by atoms with E-state index in [1.54, 1.807) is 4.90 Å². The first-order valence-electron chi connectivity index (χ1n) is 14.9. The molecule has 3 aromatic heterocycles. The van der Waals surface area contributed by atoms with Gasteiger partial charge < -0.3 is 19.9 Å². The fourth-order valence-electron chi connectivity index (χ4n) is 5.47. The molecule has 4 heterocycles. The van der Waals surface area contributed by atoms with Gasteiger partial charge in [-0.15, -0.1) is 11.3 Å². The highest BCUT2D eigenvalue weighted by Gasteiger charge is 2.24. The van der Waals surface area contributed by atoms with Gasteiger partial charge in [0.05, 0.1) is 16.7 Å². The Morgan fingerprint density at radius 2 is 1.77 bits per heavy atom. The van der Waals surface area contributed by atoms with E-state index in [0.29, 0.717) is 35.0 Å². The molecule has 14 heteroatoms. The monoisotopic (exact) mass is 659 g/mol. The van der Waals surface area contributed by atoms with Crippen molar-refractivity contribution in [2.45, 2.75) is 12.8 Å². The number of ether oxygens (including phenoxy) is 1. The number of amides is 3. The Balaban J connectivity index is 1.12. The molecule has 0 spiro atoms. The smallest absolute Gasteiger partial charge is 0.323 e. The van der Waals surface area contributed by atoms with Crippen molar-refractivity contribution in [1.29, 1.82) is 0 Å². The highest BCUT2D eigenvalue weighted by atomic mass is 32.1. The van der Waals surface area contributed by atoms with Gasteiger partial charge in [-0.05, 0) is 81.4 Å². The van der Waals surface area contributed by atoms with E-state index >= 15 is 4.39 Å². The van der Waals surface area contributed by atoms with E-state index in [1.807, 2.05) is 14.1 Å². The number of thiazole rings is 1. The Morgan fingerprint density at radius 1 is 1.00 bits per heavy atom. The molecule has 0 bridgehead atoms. The Morgan fingerprint density at radius 3 is 2.49 bits per heavy atom. The maximum atomic E-state index is 15.1. The van der Waals surface area contributed by atoms with E-state index in [0.717, 1.165) is 25.5 Å². The van der Waals surface area contributed by atoms with Gasteiger partial charge in [-0.2, -0.15) is 0 Å². The normalized spacial score (nSPS) is 13.6. The highest BCUT2D eigenvalue weighted by molar-refractivity contribution is 7.16. The van der Waals surface area contributed by atoms with Gasteiger partial charge in [0, 0.05) is 43.7 Å². The van der Waals surface area contributed by atoms with Crippen LogP contribution < -0.4 is 20.9 Å². The maximum Gasteiger partial charge on any atom is 0.323 e. The summed E-state index contributed by atoms with van der Waals surface area (Å²) in [5.41, 5.74) is 1.53. The van der Waals surface area contributed by atoms with Crippen molar-refractivity contribution in [3.8, 4) is 17.2 Å². The standard InChI is InChI=1S/C33H31F2N7O4S/c1-40(2)18-20-10-13-41(14-11-20)33(45)39-29-16-24(9-12-36-29)46-28-8-5-22(15-26(28)35)38-30(43)25-17-27-32(47-19-37-27)42(31(25)44)23-6-3-21(34)4-7-23/h3-9,12,15-17,19-20H,10-11,13-14,18H2,1-2H3,(H,38,43)(H,36,39,45). The van der Waals surface area contributed by atoms with Crippen LogP contribution in [-0.2, 0) is 0 Å².